The molecule has 2 rings (SSSR count). The van der Waals surface area contributed by atoms with E-state index in [4.69, 9.17) is 4.74 Å². The van der Waals surface area contributed by atoms with Gasteiger partial charge < -0.3 is 9.84 Å². The molecule has 3 nitrogen and oxygen atoms in total. The monoisotopic (exact) mass is 283 g/mol. The molecule has 1 N–H and O–H groups in total. The minimum Gasteiger partial charge on any atom is -0.389 e. The van der Waals surface area contributed by atoms with Gasteiger partial charge in [0.2, 0.25) is 0 Å². The van der Waals surface area contributed by atoms with E-state index < -0.39 is 0 Å². The number of aliphatic hydroxyl groups excluding tert-OH is 1. The fraction of sp³-hybridized carbons (Fsp3) is 1.00. The highest BCUT2D eigenvalue weighted by atomic mass is 16.5. The Bertz CT molecular complexity index is 285. The fourth-order valence-corrected chi connectivity index (χ4v) is 4.25. The summed E-state index contributed by atoms with van der Waals surface area (Å²) < 4.78 is 5.82. The summed E-state index contributed by atoms with van der Waals surface area (Å²) in [5.41, 5.74) is 0. The maximum atomic E-state index is 10.2. The van der Waals surface area contributed by atoms with Gasteiger partial charge in [-0.05, 0) is 64.7 Å². The third kappa shape index (κ3) is 4.19. The van der Waals surface area contributed by atoms with Crippen LogP contribution in [0.1, 0.15) is 53.4 Å². The SMILES string of the molecule is CC(C)N(CC(O)COCC1CC2CCC1C2)C(C)C. The van der Waals surface area contributed by atoms with Crippen molar-refractivity contribution in [1.29, 1.82) is 0 Å². The van der Waals surface area contributed by atoms with E-state index in [-0.39, 0.29) is 6.10 Å². The van der Waals surface area contributed by atoms with E-state index in [9.17, 15) is 5.11 Å². The lowest BCUT2D eigenvalue weighted by Crippen LogP contribution is -2.43. The van der Waals surface area contributed by atoms with E-state index in [2.05, 4.69) is 32.6 Å². The molecule has 2 aliphatic carbocycles. The standard InChI is InChI=1S/C17H33NO2/c1-12(2)18(13(3)4)9-17(19)11-20-10-16-8-14-5-6-15(16)7-14/h12-17,19H,5-11H2,1-4H3. The van der Waals surface area contributed by atoms with E-state index in [1.165, 1.54) is 25.7 Å². The first-order valence-electron chi connectivity index (χ1n) is 8.49. The van der Waals surface area contributed by atoms with Crippen LogP contribution in [0.2, 0.25) is 0 Å². The third-order valence-corrected chi connectivity index (χ3v) is 5.27. The normalized spacial score (nSPS) is 30.9. The minimum atomic E-state index is -0.363. The molecule has 0 radical (unpaired) electrons. The molecule has 118 valence electrons. The second-order valence-electron chi connectivity index (χ2n) is 7.51. The number of fused-ring (bicyclic) bond motifs is 2. The largest absolute Gasteiger partial charge is 0.389 e. The van der Waals surface area contributed by atoms with Crippen LogP contribution in [-0.2, 0) is 4.74 Å². The smallest absolute Gasteiger partial charge is 0.0900 e. The molecule has 0 amide bonds. The Balaban J connectivity index is 1.63. The van der Waals surface area contributed by atoms with Crippen molar-refractivity contribution in [3.8, 4) is 0 Å². The van der Waals surface area contributed by atoms with Gasteiger partial charge in [-0.25, -0.2) is 0 Å². The first kappa shape index (κ1) is 16.3. The Labute approximate surface area is 124 Å². The number of rotatable bonds is 8. The first-order chi connectivity index (χ1) is 9.47. The number of hydrogen-bond acceptors (Lipinski definition) is 3. The van der Waals surface area contributed by atoms with Crippen LogP contribution in [0.5, 0.6) is 0 Å². The molecular weight excluding hydrogens is 250 g/mol. The van der Waals surface area contributed by atoms with Crippen molar-refractivity contribution in [2.75, 3.05) is 19.8 Å². The number of aliphatic hydroxyl groups is 1. The Hall–Kier alpha value is -0.120. The molecule has 0 saturated heterocycles. The average molecular weight is 283 g/mol. The van der Waals surface area contributed by atoms with Gasteiger partial charge in [0, 0.05) is 25.2 Å². The maximum Gasteiger partial charge on any atom is 0.0900 e. The van der Waals surface area contributed by atoms with Crippen LogP contribution >= 0.6 is 0 Å². The molecule has 0 spiro atoms. The Morgan fingerprint density at radius 1 is 1.10 bits per heavy atom. The van der Waals surface area contributed by atoms with Crippen LogP contribution in [0.4, 0.5) is 0 Å². The van der Waals surface area contributed by atoms with Crippen LogP contribution in [0.15, 0.2) is 0 Å². The van der Waals surface area contributed by atoms with E-state index in [1.807, 2.05) is 0 Å². The van der Waals surface area contributed by atoms with Crippen LogP contribution in [-0.4, -0.2) is 48.0 Å². The molecule has 4 atom stereocenters. The molecule has 3 heteroatoms. The van der Waals surface area contributed by atoms with Crippen molar-refractivity contribution in [2.24, 2.45) is 17.8 Å². The summed E-state index contributed by atoms with van der Waals surface area (Å²) in [7, 11) is 0. The predicted molar refractivity (Wildman–Crippen MR) is 82.7 cm³/mol. The Morgan fingerprint density at radius 2 is 1.80 bits per heavy atom. The van der Waals surface area contributed by atoms with Crippen molar-refractivity contribution in [3.63, 3.8) is 0 Å². The zero-order valence-electron chi connectivity index (χ0n) is 13.7. The molecule has 2 fully saturated rings. The second-order valence-corrected chi connectivity index (χ2v) is 7.51. The lowest BCUT2D eigenvalue weighted by molar-refractivity contribution is -0.0113. The van der Waals surface area contributed by atoms with Gasteiger partial charge in [-0.3, -0.25) is 4.90 Å². The highest BCUT2D eigenvalue weighted by Gasteiger charge is 2.39. The van der Waals surface area contributed by atoms with Gasteiger partial charge in [0.15, 0.2) is 0 Å². The van der Waals surface area contributed by atoms with E-state index in [1.54, 1.807) is 0 Å². The predicted octanol–water partition coefficient (Wildman–Crippen LogP) is 2.92. The van der Waals surface area contributed by atoms with Crippen molar-refractivity contribution < 1.29 is 9.84 Å². The van der Waals surface area contributed by atoms with Gasteiger partial charge in [-0.15, -0.1) is 0 Å². The van der Waals surface area contributed by atoms with Gasteiger partial charge in [0.1, 0.15) is 0 Å². The molecule has 0 aliphatic heterocycles. The van der Waals surface area contributed by atoms with Crippen LogP contribution in [0.3, 0.4) is 0 Å². The number of hydrogen-bond donors (Lipinski definition) is 1. The van der Waals surface area contributed by atoms with Crippen molar-refractivity contribution in [3.05, 3.63) is 0 Å². The summed E-state index contributed by atoms with van der Waals surface area (Å²) in [6.07, 6.45) is 5.30. The second kappa shape index (κ2) is 7.24. The number of nitrogens with zero attached hydrogens (tertiary/aromatic N) is 1. The zero-order valence-corrected chi connectivity index (χ0v) is 13.7. The molecular formula is C17H33NO2. The quantitative estimate of drug-likeness (QED) is 0.743. The molecule has 0 aromatic rings. The summed E-state index contributed by atoms with van der Waals surface area (Å²) in [5.74, 6) is 2.67. The highest BCUT2D eigenvalue weighted by Crippen LogP contribution is 2.48. The average Bonchev–Trinajstić information content (AvgIpc) is 2.97. The Morgan fingerprint density at radius 3 is 2.30 bits per heavy atom. The van der Waals surface area contributed by atoms with Crippen LogP contribution in [0, 0.1) is 17.8 Å². The summed E-state index contributed by atoms with van der Waals surface area (Å²) in [6.45, 7) is 10.8. The van der Waals surface area contributed by atoms with Gasteiger partial charge in [0.25, 0.3) is 0 Å². The lowest BCUT2D eigenvalue weighted by atomic mass is 9.90. The van der Waals surface area contributed by atoms with E-state index in [0.717, 1.165) is 24.4 Å². The van der Waals surface area contributed by atoms with E-state index in [0.29, 0.717) is 25.2 Å². The molecule has 2 bridgehead atoms. The van der Waals surface area contributed by atoms with Crippen LogP contribution in [0.25, 0.3) is 0 Å². The summed E-state index contributed by atoms with van der Waals surface area (Å²) in [5, 5.41) is 10.2. The molecule has 0 aromatic carbocycles. The van der Waals surface area contributed by atoms with Crippen LogP contribution < -0.4 is 0 Å². The van der Waals surface area contributed by atoms with Crippen molar-refractivity contribution in [1.82, 2.24) is 4.90 Å². The number of ether oxygens (including phenoxy) is 1. The molecule has 0 aromatic heterocycles. The minimum absolute atomic E-state index is 0.363. The van der Waals surface area contributed by atoms with Gasteiger partial charge >= 0.3 is 0 Å². The molecule has 4 unspecified atom stereocenters. The molecule has 2 aliphatic rings. The van der Waals surface area contributed by atoms with Crippen molar-refractivity contribution >= 4 is 0 Å². The molecule has 0 heterocycles. The summed E-state index contributed by atoms with van der Waals surface area (Å²) in [6, 6.07) is 0.936. The highest BCUT2D eigenvalue weighted by molar-refractivity contribution is 4.89. The Kier molecular flexibility index (Phi) is 5.88. The zero-order chi connectivity index (χ0) is 14.7. The summed E-state index contributed by atoms with van der Waals surface area (Å²) >= 11 is 0. The van der Waals surface area contributed by atoms with Crippen molar-refractivity contribution in [2.45, 2.75) is 71.6 Å². The maximum absolute atomic E-state index is 10.2. The van der Waals surface area contributed by atoms with E-state index >= 15 is 0 Å². The third-order valence-electron chi connectivity index (χ3n) is 5.27. The van der Waals surface area contributed by atoms with Gasteiger partial charge in [-0.1, -0.05) is 6.42 Å². The molecule has 2 saturated carbocycles. The van der Waals surface area contributed by atoms with Gasteiger partial charge in [-0.2, -0.15) is 0 Å². The van der Waals surface area contributed by atoms with Gasteiger partial charge in [0.05, 0.1) is 12.7 Å². The molecule has 20 heavy (non-hydrogen) atoms. The first-order valence-corrected chi connectivity index (χ1v) is 8.49. The fourth-order valence-electron chi connectivity index (χ4n) is 4.25. The lowest BCUT2D eigenvalue weighted by Gasteiger charge is -2.32. The topological polar surface area (TPSA) is 32.7 Å². The summed E-state index contributed by atoms with van der Waals surface area (Å²) in [4.78, 5) is 2.32.